The van der Waals surface area contributed by atoms with Crippen LogP contribution in [0.15, 0.2) is 0 Å². The van der Waals surface area contributed by atoms with Crippen molar-refractivity contribution in [1.29, 1.82) is 0 Å². The second-order valence-electron chi connectivity index (χ2n) is 4.89. The van der Waals surface area contributed by atoms with Gasteiger partial charge in [-0.15, -0.1) is 0 Å². The van der Waals surface area contributed by atoms with Gasteiger partial charge in [0.25, 0.3) is 0 Å². The highest BCUT2D eigenvalue weighted by atomic mass is 16.2. The normalized spacial score (nSPS) is 29.2. The van der Waals surface area contributed by atoms with E-state index in [4.69, 9.17) is 0 Å². The van der Waals surface area contributed by atoms with E-state index < -0.39 is 0 Å². The molecule has 2 amide bonds. The van der Waals surface area contributed by atoms with Gasteiger partial charge in [0.1, 0.15) is 6.04 Å². The average molecular weight is 239 g/mol. The molecule has 2 aliphatic heterocycles. The maximum Gasteiger partial charge on any atom is 0.242 e. The molecule has 2 fully saturated rings. The summed E-state index contributed by atoms with van der Waals surface area (Å²) in [6.07, 6.45) is 3.82. The molecule has 2 heterocycles. The summed E-state index contributed by atoms with van der Waals surface area (Å²) in [5.74, 6) is 0.0737. The molecule has 0 aromatic rings. The van der Waals surface area contributed by atoms with Crippen LogP contribution in [0, 0.1) is 0 Å². The Kier molecular flexibility index (Phi) is 3.99. The van der Waals surface area contributed by atoms with Crippen molar-refractivity contribution in [3.63, 3.8) is 0 Å². The molecule has 0 bridgehead atoms. The van der Waals surface area contributed by atoms with Crippen molar-refractivity contribution >= 4 is 11.8 Å². The van der Waals surface area contributed by atoms with Gasteiger partial charge < -0.3 is 15.5 Å². The molecule has 2 atom stereocenters. The first-order valence-corrected chi connectivity index (χ1v) is 6.49. The number of nitrogens with zero attached hydrogens (tertiary/aromatic N) is 1. The van der Waals surface area contributed by atoms with Crippen LogP contribution in [0.25, 0.3) is 0 Å². The maximum atomic E-state index is 12.0. The van der Waals surface area contributed by atoms with E-state index in [0.717, 1.165) is 13.0 Å². The Morgan fingerprint density at radius 1 is 1.47 bits per heavy atom. The minimum absolute atomic E-state index is 0.0383. The molecule has 2 saturated heterocycles. The molecule has 2 rings (SSSR count). The average Bonchev–Trinajstić information content (AvgIpc) is 2.82. The number of rotatable bonds is 3. The van der Waals surface area contributed by atoms with Crippen LogP contribution in [0.2, 0.25) is 0 Å². The summed E-state index contributed by atoms with van der Waals surface area (Å²) >= 11 is 0. The number of carbonyl (C=O) groups excluding carboxylic acids is 2. The third kappa shape index (κ3) is 2.97. The van der Waals surface area contributed by atoms with E-state index in [0.29, 0.717) is 25.6 Å². The number of piperazine rings is 1. The van der Waals surface area contributed by atoms with Gasteiger partial charge in [0, 0.05) is 25.6 Å². The van der Waals surface area contributed by atoms with Crippen LogP contribution in [0.3, 0.4) is 0 Å². The number of hydrogen-bond donors (Lipinski definition) is 2. The summed E-state index contributed by atoms with van der Waals surface area (Å²) in [5, 5.41) is 6.15. The first kappa shape index (κ1) is 12.4. The van der Waals surface area contributed by atoms with Crippen LogP contribution in [0.4, 0.5) is 0 Å². The minimum atomic E-state index is -0.312. The molecule has 0 aromatic heterocycles. The maximum absolute atomic E-state index is 12.0. The SMILES string of the molecule is CC1C(=O)NCCN1C(=O)CCC1CCCN1. The molecular formula is C12H21N3O2. The van der Waals surface area contributed by atoms with Crippen molar-refractivity contribution < 1.29 is 9.59 Å². The van der Waals surface area contributed by atoms with Gasteiger partial charge in [0.15, 0.2) is 0 Å². The predicted octanol–water partition coefficient (Wildman–Crippen LogP) is -0.134. The lowest BCUT2D eigenvalue weighted by Gasteiger charge is -2.33. The fraction of sp³-hybridized carbons (Fsp3) is 0.833. The smallest absolute Gasteiger partial charge is 0.242 e. The fourth-order valence-corrected chi connectivity index (χ4v) is 2.57. The molecule has 2 N–H and O–H groups in total. The number of nitrogens with one attached hydrogen (secondary N) is 2. The zero-order chi connectivity index (χ0) is 12.3. The van der Waals surface area contributed by atoms with Crippen LogP contribution in [-0.4, -0.2) is 48.4 Å². The molecule has 2 unspecified atom stereocenters. The van der Waals surface area contributed by atoms with Crippen LogP contribution < -0.4 is 10.6 Å². The molecule has 0 aliphatic carbocycles. The number of hydrogen-bond acceptors (Lipinski definition) is 3. The second kappa shape index (κ2) is 5.49. The Morgan fingerprint density at radius 2 is 2.29 bits per heavy atom. The minimum Gasteiger partial charge on any atom is -0.353 e. The lowest BCUT2D eigenvalue weighted by atomic mass is 10.1. The third-order valence-electron chi connectivity index (χ3n) is 3.69. The number of carbonyl (C=O) groups is 2. The third-order valence-corrected chi connectivity index (χ3v) is 3.69. The lowest BCUT2D eigenvalue weighted by molar-refractivity contribution is -0.142. The Hall–Kier alpha value is -1.10. The largest absolute Gasteiger partial charge is 0.353 e. The quantitative estimate of drug-likeness (QED) is 0.721. The van der Waals surface area contributed by atoms with Crippen molar-refractivity contribution in [2.45, 2.75) is 44.7 Å². The second-order valence-corrected chi connectivity index (χ2v) is 4.89. The summed E-state index contributed by atoms with van der Waals surface area (Å²) in [7, 11) is 0. The Bertz CT molecular complexity index is 300. The van der Waals surface area contributed by atoms with Gasteiger partial charge in [-0.1, -0.05) is 0 Å². The Balaban J connectivity index is 1.79. The fourth-order valence-electron chi connectivity index (χ4n) is 2.57. The predicted molar refractivity (Wildman–Crippen MR) is 64.4 cm³/mol. The van der Waals surface area contributed by atoms with Crippen LogP contribution in [0.5, 0.6) is 0 Å². The van der Waals surface area contributed by atoms with E-state index in [1.165, 1.54) is 12.8 Å². The van der Waals surface area contributed by atoms with Crippen molar-refractivity contribution in [1.82, 2.24) is 15.5 Å². The van der Waals surface area contributed by atoms with Crippen molar-refractivity contribution in [2.24, 2.45) is 0 Å². The number of amides is 2. The summed E-state index contributed by atoms with van der Waals surface area (Å²) in [5.41, 5.74) is 0. The van der Waals surface area contributed by atoms with Gasteiger partial charge in [0.2, 0.25) is 11.8 Å². The standard InChI is InChI=1S/C12H21N3O2/c1-9-12(17)14-7-8-15(9)11(16)5-4-10-3-2-6-13-10/h9-10,13H,2-8H2,1H3,(H,14,17). The highest BCUT2D eigenvalue weighted by Crippen LogP contribution is 2.13. The Labute approximate surface area is 102 Å². The molecule has 5 nitrogen and oxygen atoms in total. The molecule has 5 heteroatoms. The highest BCUT2D eigenvalue weighted by Gasteiger charge is 2.29. The molecule has 0 aromatic carbocycles. The zero-order valence-corrected chi connectivity index (χ0v) is 10.4. The van der Waals surface area contributed by atoms with Gasteiger partial charge in [-0.05, 0) is 32.7 Å². The summed E-state index contributed by atoms with van der Waals surface area (Å²) in [6.45, 7) is 4.09. The molecule has 2 aliphatic rings. The van der Waals surface area contributed by atoms with Gasteiger partial charge in [0.05, 0.1) is 0 Å². The zero-order valence-electron chi connectivity index (χ0n) is 10.4. The van der Waals surface area contributed by atoms with Gasteiger partial charge >= 0.3 is 0 Å². The first-order valence-electron chi connectivity index (χ1n) is 6.49. The van der Waals surface area contributed by atoms with Crippen molar-refractivity contribution in [3.8, 4) is 0 Å². The van der Waals surface area contributed by atoms with Crippen LogP contribution in [-0.2, 0) is 9.59 Å². The topological polar surface area (TPSA) is 61.4 Å². The van der Waals surface area contributed by atoms with E-state index >= 15 is 0 Å². The highest BCUT2D eigenvalue weighted by molar-refractivity contribution is 5.88. The molecular weight excluding hydrogens is 218 g/mol. The van der Waals surface area contributed by atoms with E-state index in [1.54, 1.807) is 11.8 Å². The van der Waals surface area contributed by atoms with Crippen molar-refractivity contribution in [2.75, 3.05) is 19.6 Å². The van der Waals surface area contributed by atoms with Crippen LogP contribution >= 0.6 is 0 Å². The van der Waals surface area contributed by atoms with Gasteiger partial charge in [-0.3, -0.25) is 9.59 Å². The first-order chi connectivity index (χ1) is 8.18. The van der Waals surface area contributed by atoms with E-state index in [9.17, 15) is 9.59 Å². The molecule has 0 radical (unpaired) electrons. The summed E-state index contributed by atoms with van der Waals surface area (Å²) in [4.78, 5) is 25.2. The Morgan fingerprint density at radius 3 is 3.00 bits per heavy atom. The van der Waals surface area contributed by atoms with Gasteiger partial charge in [-0.2, -0.15) is 0 Å². The lowest BCUT2D eigenvalue weighted by Crippen LogP contribution is -2.55. The van der Waals surface area contributed by atoms with E-state index in [2.05, 4.69) is 10.6 Å². The molecule has 17 heavy (non-hydrogen) atoms. The van der Waals surface area contributed by atoms with Gasteiger partial charge in [-0.25, -0.2) is 0 Å². The van der Waals surface area contributed by atoms with E-state index in [1.807, 2.05) is 0 Å². The monoisotopic (exact) mass is 239 g/mol. The van der Waals surface area contributed by atoms with Crippen LogP contribution in [0.1, 0.15) is 32.6 Å². The molecule has 96 valence electrons. The molecule has 0 saturated carbocycles. The van der Waals surface area contributed by atoms with E-state index in [-0.39, 0.29) is 17.9 Å². The van der Waals surface area contributed by atoms with Crippen molar-refractivity contribution in [3.05, 3.63) is 0 Å². The summed E-state index contributed by atoms with van der Waals surface area (Å²) < 4.78 is 0. The summed E-state index contributed by atoms with van der Waals surface area (Å²) in [6, 6.07) is 0.181. The molecule has 0 spiro atoms.